The zero-order chi connectivity index (χ0) is 8.27. The van der Waals surface area contributed by atoms with E-state index in [4.69, 9.17) is 4.74 Å². The number of likely N-dealkylation sites (N-methyl/N-ethyl adjacent to an activating group) is 1. The Labute approximate surface area is 69.5 Å². The number of hydrogen-bond donors (Lipinski definition) is 0. The van der Waals surface area contributed by atoms with Crippen molar-refractivity contribution in [1.29, 1.82) is 0 Å². The summed E-state index contributed by atoms with van der Waals surface area (Å²) in [5.74, 6) is 0.812. The van der Waals surface area contributed by atoms with Gasteiger partial charge in [0.25, 0.3) is 0 Å². The normalized spacial score (nSPS) is 33.0. The van der Waals surface area contributed by atoms with Crippen molar-refractivity contribution in [2.45, 2.75) is 26.3 Å². The van der Waals surface area contributed by atoms with Gasteiger partial charge in [-0.1, -0.05) is 6.92 Å². The van der Waals surface area contributed by atoms with Crippen LogP contribution in [0.1, 0.15) is 20.3 Å². The van der Waals surface area contributed by atoms with Crippen LogP contribution in [0.2, 0.25) is 0 Å². The van der Waals surface area contributed by atoms with Gasteiger partial charge >= 0.3 is 0 Å². The highest BCUT2D eigenvalue weighted by Crippen LogP contribution is 2.21. The topological polar surface area (TPSA) is 12.5 Å². The Morgan fingerprint density at radius 3 is 2.73 bits per heavy atom. The second kappa shape index (κ2) is 4.07. The monoisotopic (exact) mass is 157 g/mol. The van der Waals surface area contributed by atoms with E-state index in [0.717, 1.165) is 19.1 Å². The minimum absolute atomic E-state index is 0.662. The zero-order valence-corrected chi connectivity index (χ0v) is 7.84. The molecule has 1 aliphatic rings. The molecule has 1 saturated heterocycles. The van der Waals surface area contributed by atoms with Gasteiger partial charge in [-0.2, -0.15) is 0 Å². The highest BCUT2D eigenvalue weighted by atomic mass is 16.5. The second-order valence-electron chi connectivity index (χ2n) is 3.47. The molecule has 1 aliphatic heterocycles. The lowest BCUT2D eigenvalue weighted by atomic mass is 10.0. The summed E-state index contributed by atoms with van der Waals surface area (Å²) in [6.45, 7) is 7.36. The molecule has 66 valence electrons. The van der Waals surface area contributed by atoms with Crippen LogP contribution in [-0.4, -0.2) is 37.7 Å². The minimum atomic E-state index is 0.662. The van der Waals surface area contributed by atoms with Gasteiger partial charge in [-0.3, -0.25) is 0 Å². The summed E-state index contributed by atoms with van der Waals surface area (Å²) in [7, 11) is 2.19. The van der Waals surface area contributed by atoms with E-state index in [1.807, 2.05) is 0 Å². The lowest BCUT2D eigenvalue weighted by Crippen LogP contribution is -2.32. The number of ether oxygens (including phenoxy) is 1. The van der Waals surface area contributed by atoms with Crippen molar-refractivity contribution >= 4 is 0 Å². The SMILES string of the molecule is CCOCC1C(C)CCN1C. The highest BCUT2D eigenvalue weighted by molar-refractivity contribution is 4.81. The Morgan fingerprint density at radius 1 is 1.55 bits per heavy atom. The van der Waals surface area contributed by atoms with E-state index in [0.29, 0.717) is 6.04 Å². The molecule has 1 heterocycles. The molecule has 1 rings (SSSR count). The van der Waals surface area contributed by atoms with Crippen LogP contribution in [0.25, 0.3) is 0 Å². The molecule has 0 N–H and O–H groups in total. The van der Waals surface area contributed by atoms with Crippen LogP contribution in [0.5, 0.6) is 0 Å². The van der Waals surface area contributed by atoms with Crippen LogP contribution in [0.4, 0.5) is 0 Å². The second-order valence-corrected chi connectivity index (χ2v) is 3.47. The number of nitrogens with zero attached hydrogens (tertiary/aromatic N) is 1. The zero-order valence-electron chi connectivity index (χ0n) is 7.84. The van der Waals surface area contributed by atoms with Gasteiger partial charge in [0.1, 0.15) is 0 Å². The number of rotatable bonds is 3. The molecular formula is C9H19NO. The van der Waals surface area contributed by atoms with Gasteiger partial charge in [0, 0.05) is 12.6 Å². The van der Waals surface area contributed by atoms with Gasteiger partial charge in [0.05, 0.1) is 6.61 Å². The van der Waals surface area contributed by atoms with Crippen molar-refractivity contribution in [3.8, 4) is 0 Å². The summed E-state index contributed by atoms with van der Waals surface area (Å²) in [5.41, 5.74) is 0. The van der Waals surface area contributed by atoms with Crippen LogP contribution in [0, 0.1) is 5.92 Å². The van der Waals surface area contributed by atoms with Crippen molar-refractivity contribution in [3.05, 3.63) is 0 Å². The largest absolute Gasteiger partial charge is 0.380 e. The van der Waals surface area contributed by atoms with Crippen LogP contribution < -0.4 is 0 Å². The Bertz CT molecular complexity index is 106. The fourth-order valence-corrected chi connectivity index (χ4v) is 1.73. The van der Waals surface area contributed by atoms with Gasteiger partial charge in [0.2, 0.25) is 0 Å². The van der Waals surface area contributed by atoms with Gasteiger partial charge in [0.15, 0.2) is 0 Å². The first-order chi connectivity index (χ1) is 5.25. The van der Waals surface area contributed by atoms with Crippen LogP contribution >= 0.6 is 0 Å². The summed E-state index contributed by atoms with van der Waals surface area (Å²) < 4.78 is 5.42. The highest BCUT2D eigenvalue weighted by Gasteiger charge is 2.27. The van der Waals surface area contributed by atoms with Crippen molar-refractivity contribution < 1.29 is 4.74 Å². The lowest BCUT2D eigenvalue weighted by molar-refractivity contribution is 0.0825. The van der Waals surface area contributed by atoms with E-state index in [9.17, 15) is 0 Å². The average Bonchev–Trinajstić information content (AvgIpc) is 2.29. The molecule has 0 aromatic heterocycles. The molecule has 0 aliphatic carbocycles. The van der Waals surface area contributed by atoms with Crippen LogP contribution in [0.15, 0.2) is 0 Å². The summed E-state index contributed by atoms with van der Waals surface area (Å²) in [5, 5.41) is 0. The first-order valence-electron chi connectivity index (χ1n) is 4.53. The first-order valence-corrected chi connectivity index (χ1v) is 4.53. The molecular weight excluding hydrogens is 138 g/mol. The maximum absolute atomic E-state index is 5.42. The third kappa shape index (κ3) is 2.17. The van der Waals surface area contributed by atoms with E-state index in [1.165, 1.54) is 13.0 Å². The molecule has 1 fully saturated rings. The molecule has 11 heavy (non-hydrogen) atoms. The van der Waals surface area contributed by atoms with E-state index in [1.54, 1.807) is 0 Å². The smallest absolute Gasteiger partial charge is 0.0624 e. The average molecular weight is 157 g/mol. The Kier molecular flexibility index (Phi) is 3.34. The lowest BCUT2D eigenvalue weighted by Gasteiger charge is -2.22. The predicted octanol–water partition coefficient (Wildman–Crippen LogP) is 1.36. The summed E-state index contributed by atoms with van der Waals surface area (Å²) in [4.78, 5) is 2.40. The van der Waals surface area contributed by atoms with Crippen molar-refractivity contribution in [2.75, 3.05) is 26.8 Å². The summed E-state index contributed by atoms with van der Waals surface area (Å²) >= 11 is 0. The molecule has 0 aromatic carbocycles. The summed E-state index contributed by atoms with van der Waals surface area (Å²) in [6.07, 6.45) is 1.33. The van der Waals surface area contributed by atoms with Gasteiger partial charge in [-0.25, -0.2) is 0 Å². The van der Waals surface area contributed by atoms with Crippen molar-refractivity contribution in [2.24, 2.45) is 5.92 Å². The number of likely N-dealkylation sites (tertiary alicyclic amines) is 1. The Morgan fingerprint density at radius 2 is 2.27 bits per heavy atom. The molecule has 0 amide bonds. The molecule has 2 nitrogen and oxygen atoms in total. The maximum atomic E-state index is 5.42. The predicted molar refractivity (Wildman–Crippen MR) is 46.7 cm³/mol. The molecule has 2 unspecified atom stereocenters. The fourth-order valence-electron chi connectivity index (χ4n) is 1.73. The molecule has 0 radical (unpaired) electrons. The number of hydrogen-bond acceptors (Lipinski definition) is 2. The van der Waals surface area contributed by atoms with E-state index in [-0.39, 0.29) is 0 Å². The van der Waals surface area contributed by atoms with E-state index < -0.39 is 0 Å². The quantitative estimate of drug-likeness (QED) is 0.613. The molecule has 2 atom stereocenters. The summed E-state index contributed by atoms with van der Waals surface area (Å²) in [6, 6.07) is 0.662. The molecule has 0 aromatic rings. The van der Waals surface area contributed by atoms with Crippen molar-refractivity contribution in [1.82, 2.24) is 4.90 Å². The standard InChI is InChI=1S/C9H19NO/c1-4-11-7-9-8(2)5-6-10(9)3/h8-9H,4-7H2,1-3H3. The van der Waals surface area contributed by atoms with Crippen LogP contribution in [-0.2, 0) is 4.74 Å². The molecule has 0 bridgehead atoms. The van der Waals surface area contributed by atoms with Crippen LogP contribution in [0.3, 0.4) is 0 Å². The van der Waals surface area contributed by atoms with Gasteiger partial charge in [-0.15, -0.1) is 0 Å². The maximum Gasteiger partial charge on any atom is 0.0624 e. The Hall–Kier alpha value is -0.0800. The first kappa shape index (κ1) is 9.01. The fraction of sp³-hybridized carbons (Fsp3) is 1.00. The van der Waals surface area contributed by atoms with Crippen molar-refractivity contribution in [3.63, 3.8) is 0 Å². The molecule has 2 heteroatoms. The molecule has 0 saturated carbocycles. The third-order valence-electron chi connectivity index (χ3n) is 2.65. The Balaban J connectivity index is 2.29. The third-order valence-corrected chi connectivity index (χ3v) is 2.65. The molecule has 0 spiro atoms. The van der Waals surface area contributed by atoms with E-state index in [2.05, 4.69) is 25.8 Å². The van der Waals surface area contributed by atoms with Gasteiger partial charge in [-0.05, 0) is 32.9 Å². The van der Waals surface area contributed by atoms with E-state index >= 15 is 0 Å². The minimum Gasteiger partial charge on any atom is -0.380 e. The van der Waals surface area contributed by atoms with Gasteiger partial charge < -0.3 is 9.64 Å².